The number of ether oxygens (including phenoxy) is 1. The van der Waals surface area contributed by atoms with Crippen molar-refractivity contribution in [1.29, 1.82) is 0 Å². The smallest absolute Gasteiger partial charge is 0.0705 e. The van der Waals surface area contributed by atoms with E-state index < -0.39 is 0 Å². The molecule has 2 aromatic rings. The van der Waals surface area contributed by atoms with Crippen LogP contribution in [-0.4, -0.2) is 17.2 Å². The zero-order chi connectivity index (χ0) is 12.6. The first-order chi connectivity index (χ1) is 8.64. The summed E-state index contributed by atoms with van der Waals surface area (Å²) in [4.78, 5) is 4.81. The van der Waals surface area contributed by atoms with Crippen LogP contribution in [0.3, 0.4) is 0 Å². The van der Waals surface area contributed by atoms with Gasteiger partial charge >= 0.3 is 0 Å². The Labute approximate surface area is 108 Å². The minimum Gasteiger partial charge on any atom is -0.376 e. The van der Waals surface area contributed by atoms with Crippen LogP contribution in [0, 0.1) is 0 Å². The predicted octanol–water partition coefficient (Wildman–Crippen LogP) is 3.91. The van der Waals surface area contributed by atoms with Crippen LogP contribution >= 0.6 is 0 Å². The fraction of sp³-hybridized carbons (Fsp3) is 0.438. The molecule has 1 aliphatic heterocycles. The Morgan fingerprint density at radius 2 is 2.00 bits per heavy atom. The van der Waals surface area contributed by atoms with E-state index in [1.54, 1.807) is 0 Å². The van der Waals surface area contributed by atoms with E-state index >= 15 is 0 Å². The fourth-order valence-electron chi connectivity index (χ4n) is 2.79. The molecule has 2 heterocycles. The molecule has 1 fully saturated rings. The lowest BCUT2D eigenvalue weighted by atomic mass is 9.86. The molecule has 1 unspecified atom stereocenters. The second-order valence-corrected chi connectivity index (χ2v) is 5.73. The lowest BCUT2D eigenvalue weighted by Crippen LogP contribution is -2.33. The molecule has 0 N–H and O–H groups in total. The summed E-state index contributed by atoms with van der Waals surface area (Å²) in [5.74, 6) is 0.526. The van der Waals surface area contributed by atoms with Gasteiger partial charge < -0.3 is 4.74 Å². The molecular weight excluding hydrogens is 222 g/mol. The Hall–Kier alpha value is -1.41. The largest absolute Gasteiger partial charge is 0.376 e. The van der Waals surface area contributed by atoms with Crippen molar-refractivity contribution in [2.24, 2.45) is 0 Å². The van der Waals surface area contributed by atoms with Gasteiger partial charge in [-0.2, -0.15) is 0 Å². The summed E-state index contributed by atoms with van der Waals surface area (Å²) in [6.07, 6.45) is 2.13. The van der Waals surface area contributed by atoms with Gasteiger partial charge in [0.25, 0.3) is 0 Å². The van der Waals surface area contributed by atoms with Gasteiger partial charge in [-0.25, -0.2) is 0 Å². The van der Waals surface area contributed by atoms with E-state index in [2.05, 4.69) is 44.2 Å². The van der Waals surface area contributed by atoms with Crippen molar-refractivity contribution in [3.8, 4) is 0 Å². The van der Waals surface area contributed by atoms with Crippen LogP contribution in [0.15, 0.2) is 36.4 Å². The Morgan fingerprint density at radius 1 is 1.17 bits per heavy atom. The van der Waals surface area contributed by atoms with Crippen molar-refractivity contribution in [3.05, 3.63) is 42.1 Å². The lowest BCUT2D eigenvalue weighted by molar-refractivity contribution is -0.0597. The van der Waals surface area contributed by atoms with Crippen molar-refractivity contribution in [2.75, 3.05) is 6.61 Å². The summed E-state index contributed by atoms with van der Waals surface area (Å²) < 4.78 is 5.78. The van der Waals surface area contributed by atoms with Crippen LogP contribution in [0.2, 0.25) is 0 Å². The highest BCUT2D eigenvalue weighted by Crippen LogP contribution is 2.35. The van der Waals surface area contributed by atoms with Gasteiger partial charge in [0.15, 0.2) is 0 Å². The SMILES string of the molecule is CC1(C)CC(c2ccc3ccccc3n2)CCO1. The first kappa shape index (κ1) is 11.7. The second kappa shape index (κ2) is 4.36. The molecular formula is C16H19NO. The molecule has 1 aliphatic rings. The van der Waals surface area contributed by atoms with Crippen molar-refractivity contribution in [3.63, 3.8) is 0 Å². The van der Waals surface area contributed by atoms with Crippen molar-refractivity contribution >= 4 is 10.9 Å². The van der Waals surface area contributed by atoms with Crippen molar-refractivity contribution in [1.82, 2.24) is 4.98 Å². The van der Waals surface area contributed by atoms with Crippen LogP contribution in [0.5, 0.6) is 0 Å². The molecule has 0 aliphatic carbocycles. The molecule has 1 atom stereocenters. The number of para-hydroxylation sites is 1. The molecule has 18 heavy (non-hydrogen) atoms. The summed E-state index contributed by atoms with van der Waals surface area (Å²) in [7, 11) is 0. The van der Waals surface area contributed by atoms with E-state index in [-0.39, 0.29) is 5.60 Å². The molecule has 0 spiro atoms. The Bertz CT molecular complexity index is 562. The van der Waals surface area contributed by atoms with Gasteiger partial charge in [0, 0.05) is 23.6 Å². The maximum absolute atomic E-state index is 5.78. The number of benzene rings is 1. The van der Waals surface area contributed by atoms with Gasteiger partial charge in [0.05, 0.1) is 11.1 Å². The average molecular weight is 241 g/mol. The number of hydrogen-bond acceptors (Lipinski definition) is 2. The van der Waals surface area contributed by atoms with E-state index in [4.69, 9.17) is 9.72 Å². The molecule has 0 bridgehead atoms. The van der Waals surface area contributed by atoms with Crippen LogP contribution < -0.4 is 0 Å². The number of fused-ring (bicyclic) bond motifs is 1. The van der Waals surface area contributed by atoms with Crippen molar-refractivity contribution in [2.45, 2.75) is 38.2 Å². The van der Waals surface area contributed by atoms with Gasteiger partial charge in [-0.15, -0.1) is 0 Å². The monoisotopic (exact) mass is 241 g/mol. The van der Waals surface area contributed by atoms with E-state index in [1.165, 1.54) is 11.1 Å². The van der Waals surface area contributed by atoms with E-state index in [9.17, 15) is 0 Å². The molecule has 1 aromatic heterocycles. The molecule has 2 nitrogen and oxygen atoms in total. The van der Waals surface area contributed by atoms with E-state index in [0.717, 1.165) is 25.0 Å². The zero-order valence-electron chi connectivity index (χ0n) is 11.0. The number of pyridine rings is 1. The maximum Gasteiger partial charge on any atom is 0.0705 e. The van der Waals surface area contributed by atoms with Crippen molar-refractivity contribution < 1.29 is 4.74 Å². The molecule has 0 radical (unpaired) electrons. The summed E-state index contributed by atoms with van der Waals surface area (Å²) in [6.45, 7) is 5.17. The first-order valence-electron chi connectivity index (χ1n) is 6.64. The molecule has 0 amide bonds. The first-order valence-corrected chi connectivity index (χ1v) is 6.64. The van der Waals surface area contributed by atoms with Crippen LogP contribution in [0.4, 0.5) is 0 Å². The van der Waals surface area contributed by atoms with Crippen LogP contribution in [-0.2, 0) is 4.74 Å². The fourth-order valence-corrected chi connectivity index (χ4v) is 2.79. The van der Waals surface area contributed by atoms with E-state index in [1.807, 2.05) is 6.07 Å². The molecule has 3 rings (SSSR count). The Balaban J connectivity index is 1.94. The van der Waals surface area contributed by atoms with Gasteiger partial charge in [0.2, 0.25) is 0 Å². The number of nitrogens with zero attached hydrogens (tertiary/aromatic N) is 1. The van der Waals surface area contributed by atoms with Crippen LogP contribution in [0.25, 0.3) is 10.9 Å². The highest BCUT2D eigenvalue weighted by Gasteiger charge is 2.30. The van der Waals surface area contributed by atoms with Gasteiger partial charge in [-0.05, 0) is 38.8 Å². The minimum absolute atomic E-state index is 0.0176. The highest BCUT2D eigenvalue weighted by molar-refractivity contribution is 5.78. The third-order valence-electron chi connectivity index (χ3n) is 3.74. The predicted molar refractivity (Wildman–Crippen MR) is 73.7 cm³/mol. The zero-order valence-corrected chi connectivity index (χ0v) is 11.0. The topological polar surface area (TPSA) is 22.1 Å². The quantitative estimate of drug-likeness (QED) is 0.755. The third kappa shape index (κ3) is 2.25. The Morgan fingerprint density at radius 3 is 2.83 bits per heavy atom. The summed E-state index contributed by atoms with van der Waals surface area (Å²) >= 11 is 0. The summed E-state index contributed by atoms with van der Waals surface area (Å²) in [6, 6.07) is 12.7. The number of aromatic nitrogens is 1. The molecule has 2 heteroatoms. The second-order valence-electron chi connectivity index (χ2n) is 5.73. The third-order valence-corrected chi connectivity index (χ3v) is 3.74. The van der Waals surface area contributed by atoms with Gasteiger partial charge in [-0.3, -0.25) is 4.98 Å². The van der Waals surface area contributed by atoms with Crippen LogP contribution in [0.1, 0.15) is 38.3 Å². The summed E-state index contributed by atoms with van der Waals surface area (Å²) in [5.41, 5.74) is 2.29. The molecule has 1 aromatic carbocycles. The molecule has 0 saturated carbocycles. The molecule has 1 saturated heterocycles. The Kier molecular flexibility index (Phi) is 2.83. The van der Waals surface area contributed by atoms with Gasteiger partial charge in [-0.1, -0.05) is 24.3 Å². The summed E-state index contributed by atoms with van der Waals surface area (Å²) in [5, 5.41) is 1.22. The van der Waals surface area contributed by atoms with E-state index in [0.29, 0.717) is 5.92 Å². The number of hydrogen-bond donors (Lipinski definition) is 0. The highest BCUT2D eigenvalue weighted by atomic mass is 16.5. The number of rotatable bonds is 1. The maximum atomic E-state index is 5.78. The molecule has 94 valence electrons. The lowest BCUT2D eigenvalue weighted by Gasteiger charge is -2.35. The average Bonchev–Trinajstić information content (AvgIpc) is 2.37. The standard InChI is InChI=1S/C16H19NO/c1-16(2)11-13(9-10-18-16)15-8-7-12-5-3-4-6-14(12)17-15/h3-8,13H,9-11H2,1-2H3. The normalized spacial score (nSPS) is 23.1. The van der Waals surface area contributed by atoms with Gasteiger partial charge in [0.1, 0.15) is 0 Å². The minimum atomic E-state index is -0.0176.